The molecule has 0 saturated carbocycles. The lowest BCUT2D eigenvalue weighted by Crippen LogP contribution is -2.47. The molecule has 1 spiro atoms. The molecule has 6 heteroatoms. The number of hydrogen-bond donors (Lipinski definition) is 0. The van der Waals surface area contributed by atoms with Crippen LogP contribution in [0.2, 0.25) is 0 Å². The van der Waals surface area contributed by atoms with E-state index in [0.29, 0.717) is 6.61 Å². The summed E-state index contributed by atoms with van der Waals surface area (Å²) in [4.78, 5) is 17.1. The first-order chi connectivity index (χ1) is 11.1. The van der Waals surface area contributed by atoms with Crippen LogP contribution in [0.3, 0.4) is 0 Å². The Bertz CT molecular complexity index is 520. The van der Waals surface area contributed by atoms with Gasteiger partial charge in [-0.1, -0.05) is 6.07 Å². The Morgan fingerprint density at radius 3 is 3.17 bits per heavy atom. The van der Waals surface area contributed by atoms with E-state index in [4.69, 9.17) is 9.47 Å². The Labute approximate surface area is 142 Å². The van der Waals surface area contributed by atoms with E-state index in [1.54, 1.807) is 19.0 Å². The van der Waals surface area contributed by atoms with Gasteiger partial charge in [-0.2, -0.15) is 0 Å². The lowest BCUT2D eigenvalue weighted by atomic mass is 9.89. The average molecular weight is 338 g/mol. The van der Waals surface area contributed by atoms with Crippen LogP contribution in [0.1, 0.15) is 24.1 Å². The molecule has 23 heavy (non-hydrogen) atoms. The molecule has 2 aliphatic rings. The van der Waals surface area contributed by atoms with Crippen molar-refractivity contribution in [3.05, 3.63) is 22.4 Å². The largest absolute Gasteiger partial charge is 0.371 e. The number of nitrogens with zero attached hydrogens (tertiary/aromatic N) is 2. The van der Waals surface area contributed by atoms with Gasteiger partial charge in [0.15, 0.2) is 0 Å². The van der Waals surface area contributed by atoms with Crippen molar-refractivity contribution in [2.45, 2.75) is 37.5 Å². The highest BCUT2D eigenvalue weighted by molar-refractivity contribution is 7.09. The van der Waals surface area contributed by atoms with Crippen LogP contribution in [0.4, 0.5) is 0 Å². The molecule has 3 heterocycles. The summed E-state index contributed by atoms with van der Waals surface area (Å²) in [5, 5.41) is 2.13. The minimum Gasteiger partial charge on any atom is -0.371 e. The second kappa shape index (κ2) is 7.30. The molecule has 1 amide bonds. The van der Waals surface area contributed by atoms with E-state index in [0.717, 1.165) is 38.9 Å². The molecule has 3 rings (SSSR count). The van der Waals surface area contributed by atoms with Gasteiger partial charge < -0.3 is 14.4 Å². The SMILES string of the molecule is CN(C)C(=O)CO[C@@H]1CO[C@@]2(CCCN(Cc3cccs3)C2)C1. The van der Waals surface area contributed by atoms with Gasteiger partial charge in [0.25, 0.3) is 0 Å². The molecule has 5 nitrogen and oxygen atoms in total. The number of likely N-dealkylation sites (N-methyl/N-ethyl adjacent to an activating group) is 1. The van der Waals surface area contributed by atoms with Crippen molar-refractivity contribution in [1.29, 1.82) is 0 Å². The predicted molar refractivity (Wildman–Crippen MR) is 90.6 cm³/mol. The van der Waals surface area contributed by atoms with Gasteiger partial charge >= 0.3 is 0 Å². The van der Waals surface area contributed by atoms with Crippen molar-refractivity contribution < 1.29 is 14.3 Å². The summed E-state index contributed by atoms with van der Waals surface area (Å²) in [5.74, 6) is 0.00826. The second-order valence-electron chi connectivity index (χ2n) is 6.81. The van der Waals surface area contributed by atoms with Gasteiger partial charge in [-0.15, -0.1) is 11.3 Å². The van der Waals surface area contributed by atoms with Crippen molar-refractivity contribution in [3.63, 3.8) is 0 Å². The minimum atomic E-state index is -0.0820. The first kappa shape index (κ1) is 16.9. The molecule has 2 aliphatic heterocycles. The fourth-order valence-corrected chi connectivity index (χ4v) is 4.21. The molecule has 0 radical (unpaired) electrons. The average Bonchev–Trinajstić information content (AvgIpc) is 3.15. The monoisotopic (exact) mass is 338 g/mol. The van der Waals surface area contributed by atoms with Gasteiger partial charge in [0, 0.05) is 38.5 Å². The van der Waals surface area contributed by atoms with Crippen molar-refractivity contribution in [2.75, 3.05) is 40.4 Å². The summed E-state index contributed by atoms with van der Waals surface area (Å²) in [5.41, 5.74) is -0.0820. The third-order valence-corrected chi connectivity index (χ3v) is 5.56. The zero-order valence-corrected chi connectivity index (χ0v) is 14.8. The Kier molecular flexibility index (Phi) is 5.36. The van der Waals surface area contributed by atoms with E-state index in [1.807, 2.05) is 11.3 Å². The standard InChI is InChI=1S/C17H26N2O3S/c1-18(2)16(20)12-21-14-9-17(22-11-14)6-4-7-19(13-17)10-15-5-3-8-23-15/h3,5,8,14H,4,6-7,9-13H2,1-2H3/t14-,17-/m0/s1. The molecule has 128 valence electrons. The van der Waals surface area contributed by atoms with Gasteiger partial charge in [-0.25, -0.2) is 0 Å². The Balaban J connectivity index is 1.50. The fourth-order valence-electron chi connectivity index (χ4n) is 3.46. The van der Waals surface area contributed by atoms with Crippen molar-refractivity contribution >= 4 is 17.2 Å². The van der Waals surface area contributed by atoms with Gasteiger partial charge in [0.1, 0.15) is 6.61 Å². The van der Waals surface area contributed by atoms with E-state index < -0.39 is 0 Å². The van der Waals surface area contributed by atoms with E-state index in [2.05, 4.69) is 22.4 Å². The molecule has 0 unspecified atom stereocenters. The maximum atomic E-state index is 11.7. The molecular formula is C17H26N2O3S. The van der Waals surface area contributed by atoms with Crippen molar-refractivity contribution in [3.8, 4) is 0 Å². The van der Waals surface area contributed by atoms with Gasteiger partial charge in [-0.3, -0.25) is 9.69 Å². The topological polar surface area (TPSA) is 42.0 Å². The first-order valence-electron chi connectivity index (χ1n) is 8.27. The number of carbonyl (C=O) groups is 1. The van der Waals surface area contributed by atoms with Crippen LogP contribution in [0.5, 0.6) is 0 Å². The number of carbonyl (C=O) groups excluding carboxylic acids is 1. The van der Waals surface area contributed by atoms with Crippen molar-refractivity contribution in [1.82, 2.24) is 9.80 Å². The minimum absolute atomic E-state index is 0.00826. The highest BCUT2D eigenvalue weighted by atomic mass is 32.1. The first-order valence-corrected chi connectivity index (χ1v) is 9.15. The molecule has 2 saturated heterocycles. The Hall–Kier alpha value is -0.950. The fraction of sp³-hybridized carbons (Fsp3) is 0.706. The molecule has 1 aromatic heterocycles. The van der Waals surface area contributed by atoms with Crippen LogP contribution in [0.25, 0.3) is 0 Å². The van der Waals surface area contributed by atoms with Gasteiger partial charge in [0.2, 0.25) is 5.91 Å². The number of hydrogen-bond acceptors (Lipinski definition) is 5. The summed E-state index contributed by atoms with van der Waals surface area (Å²) >= 11 is 1.81. The number of thiophene rings is 1. The van der Waals surface area contributed by atoms with Crippen molar-refractivity contribution in [2.24, 2.45) is 0 Å². The number of likely N-dealkylation sites (tertiary alicyclic amines) is 1. The quantitative estimate of drug-likeness (QED) is 0.823. The second-order valence-corrected chi connectivity index (χ2v) is 7.85. The molecule has 2 fully saturated rings. The van der Waals surface area contributed by atoms with Crippen LogP contribution >= 0.6 is 11.3 Å². The molecule has 1 aromatic rings. The lowest BCUT2D eigenvalue weighted by Gasteiger charge is -2.39. The zero-order chi connectivity index (χ0) is 16.3. The normalized spacial score (nSPS) is 28.3. The third kappa shape index (κ3) is 4.32. The maximum absolute atomic E-state index is 11.7. The molecule has 0 bridgehead atoms. The van der Waals surface area contributed by atoms with Crippen LogP contribution in [-0.4, -0.2) is 67.8 Å². The molecular weight excluding hydrogens is 312 g/mol. The number of piperidine rings is 1. The summed E-state index contributed by atoms with van der Waals surface area (Å²) in [6, 6.07) is 4.30. The van der Waals surface area contributed by atoms with Crippen LogP contribution < -0.4 is 0 Å². The lowest BCUT2D eigenvalue weighted by molar-refractivity contribution is -0.135. The van der Waals surface area contributed by atoms with Gasteiger partial charge in [0.05, 0.1) is 18.3 Å². The summed E-state index contributed by atoms with van der Waals surface area (Å²) in [6.45, 7) is 3.86. The van der Waals surface area contributed by atoms with Crippen LogP contribution in [0, 0.1) is 0 Å². The summed E-state index contributed by atoms with van der Waals surface area (Å²) < 4.78 is 11.9. The summed E-state index contributed by atoms with van der Waals surface area (Å²) in [6.07, 6.45) is 3.19. The summed E-state index contributed by atoms with van der Waals surface area (Å²) in [7, 11) is 3.50. The molecule has 0 aromatic carbocycles. The van der Waals surface area contributed by atoms with E-state index in [-0.39, 0.29) is 24.2 Å². The zero-order valence-electron chi connectivity index (χ0n) is 14.0. The number of rotatable bonds is 5. The number of amides is 1. The highest BCUT2D eigenvalue weighted by Crippen LogP contribution is 2.36. The molecule has 0 N–H and O–H groups in total. The third-order valence-electron chi connectivity index (χ3n) is 4.69. The smallest absolute Gasteiger partial charge is 0.248 e. The maximum Gasteiger partial charge on any atom is 0.248 e. The Morgan fingerprint density at radius 1 is 1.57 bits per heavy atom. The molecule has 0 aliphatic carbocycles. The Morgan fingerprint density at radius 2 is 2.43 bits per heavy atom. The van der Waals surface area contributed by atoms with Crippen LogP contribution in [0.15, 0.2) is 17.5 Å². The number of ether oxygens (including phenoxy) is 2. The van der Waals surface area contributed by atoms with Crippen LogP contribution in [-0.2, 0) is 20.8 Å². The van der Waals surface area contributed by atoms with E-state index in [9.17, 15) is 4.79 Å². The van der Waals surface area contributed by atoms with Gasteiger partial charge in [-0.05, 0) is 30.8 Å². The molecule has 2 atom stereocenters. The predicted octanol–water partition coefficient (Wildman–Crippen LogP) is 1.98. The van der Waals surface area contributed by atoms with E-state index in [1.165, 1.54) is 4.88 Å². The van der Waals surface area contributed by atoms with E-state index >= 15 is 0 Å². The highest BCUT2D eigenvalue weighted by Gasteiger charge is 2.44.